The number of nitrogens with one attached hydrogen (secondary N) is 1. The lowest BCUT2D eigenvalue weighted by Gasteiger charge is -2.14. The first-order valence-electron chi connectivity index (χ1n) is 5.99. The van der Waals surface area contributed by atoms with Gasteiger partial charge in [-0.05, 0) is 31.0 Å². The molecule has 0 bridgehead atoms. The molecule has 0 fully saturated rings. The summed E-state index contributed by atoms with van der Waals surface area (Å²) in [5.74, 6) is -1.56. The monoisotopic (exact) mass is 299 g/mol. The molecule has 1 N–H and O–H groups in total. The zero-order chi connectivity index (χ0) is 14.8. The molecule has 1 aromatic rings. The molecule has 0 amide bonds. The van der Waals surface area contributed by atoms with Gasteiger partial charge in [0, 0.05) is 6.04 Å². The molecule has 1 aliphatic carbocycles. The van der Waals surface area contributed by atoms with E-state index in [0.717, 1.165) is 25.3 Å². The number of rotatable bonds is 4. The molecule has 0 radical (unpaired) electrons. The van der Waals surface area contributed by atoms with Crippen molar-refractivity contribution in [3.8, 4) is 0 Å². The number of esters is 1. The normalized spacial score (nSPS) is 15.5. The van der Waals surface area contributed by atoms with E-state index in [1.165, 1.54) is 0 Å². The van der Waals surface area contributed by atoms with Gasteiger partial charge in [-0.25, -0.2) is 22.3 Å². The molecule has 2 rings (SSSR count). The third-order valence-corrected chi connectivity index (χ3v) is 4.53. The van der Waals surface area contributed by atoms with E-state index < -0.39 is 26.7 Å². The molecular formula is C13H14FNO4S. The highest BCUT2D eigenvalue weighted by Crippen LogP contribution is 2.20. The molecule has 5 nitrogen and oxygen atoms in total. The van der Waals surface area contributed by atoms with E-state index in [0.29, 0.717) is 12.8 Å². The van der Waals surface area contributed by atoms with Gasteiger partial charge >= 0.3 is 5.97 Å². The second-order valence-corrected chi connectivity index (χ2v) is 6.08. The molecule has 0 saturated carbocycles. The molecule has 0 heterocycles. The molecule has 0 aliphatic heterocycles. The number of carbonyl (C=O) groups excluding carboxylic acids is 1. The summed E-state index contributed by atoms with van der Waals surface area (Å²) < 4.78 is 44.8. The van der Waals surface area contributed by atoms with E-state index >= 15 is 0 Å². The van der Waals surface area contributed by atoms with Gasteiger partial charge in [-0.2, -0.15) is 0 Å². The van der Waals surface area contributed by atoms with Crippen LogP contribution in [-0.4, -0.2) is 27.5 Å². The van der Waals surface area contributed by atoms with Crippen LogP contribution in [0.25, 0.3) is 0 Å². The van der Waals surface area contributed by atoms with Crippen LogP contribution in [0.4, 0.5) is 4.39 Å². The van der Waals surface area contributed by atoms with E-state index in [1.807, 2.05) is 12.2 Å². The zero-order valence-electron chi connectivity index (χ0n) is 10.8. The first-order valence-corrected chi connectivity index (χ1v) is 7.47. The van der Waals surface area contributed by atoms with Crippen molar-refractivity contribution >= 4 is 16.0 Å². The zero-order valence-corrected chi connectivity index (χ0v) is 11.6. The van der Waals surface area contributed by atoms with Crippen LogP contribution < -0.4 is 4.72 Å². The van der Waals surface area contributed by atoms with Crippen molar-refractivity contribution in [1.82, 2.24) is 4.72 Å². The highest BCUT2D eigenvalue weighted by atomic mass is 32.2. The Balaban J connectivity index is 2.38. The van der Waals surface area contributed by atoms with Gasteiger partial charge in [0.25, 0.3) is 0 Å². The number of carbonyl (C=O) groups is 1. The Hall–Kier alpha value is -1.73. The topological polar surface area (TPSA) is 72.5 Å². The highest BCUT2D eigenvalue weighted by Gasteiger charge is 2.26. The standard InChI is InChI=1S/C13H14FNO4S/c1-19-13(16)11-7-6-9(14)8-12(11)20(17,18)15-10-4-2-3-5-10/h2-3,6-8,10,15H,4-5H2,1H3. The first-order chi connectivity index (χ1) is 9.44. The van der Waals surface area contributed by atoms with Crippen molar-refractivity contribution < 1.29 is 22.3 Å². The lowest BCUT2D eigenvalue weighted by atomic mass is 10.2. The summed E-state index contributed by atoms with van der Waals surface area (Å²) in [5, 5.41) is 0. The van der Waals surface area contributed by atoms with E-state index in [4.69, 9.17) is 0 Å². The van der Waals surface area contributed by atoms with Crippen molar-refractivity contribution in [3.63, 3.8) is 0 Å². The summed E-state index contributed by atoms with van der Waals surface area (Å²) in [7, 11) is -2.85. The lowest BCUT2D eigenvalue weighted by Crippen LogP contribution is -2.34. The minimum Gasteiger partial charge on any atom is -0.465 e. The SMILES string of the molecule is COC(=O)c1ccc(F)cc1S(=O)(=O)NC1CC=CC1. The molecule has 0 spiro atoms. The van der Waals surface area contributed by atoms with Crippen molar-refractivity contribution in [2.45, 2.75) is 23.8 Å². The van der Waals surface area contributed by atoms with Crippen molar-refractivity contribution in [2.75, 3.05) is 7.11 Å². The smallest absolute Gasteiger partial charge is 0.339 e. The van der Waals surface area contributed by atoms with Gasteiger partial charge in [-0.15, -0.1) is 0 Å². The third-order valence-electron chi connectivity index (χ3n) is 2.97. The molecule has 1 aliphatic rings. The summed E-state index contributed by atoms with van der Waals surface area (Å²) >= 11 is 0. The molecule has 0 aromatic heterocycles. The lowest BCUT2D eigenvalue weighted by molar-refractivity contribution is 0.0596. The van der Waals surface area contributed by atoms with Crippen LogP contribution >= 0.6 is 0 Å². The average molecular weight is 299 g/mol. The molecule has 108 valence electrons. The Morgan fingerprint density at radius 2 is 2.00 bits per heavy atom. The summed E-state index contributed by atoms with van der Waals surface area (Å²) in [6, 6.07) is 2.66. The minimum atomic E-state index is -3.98. The summed E-state index contributed by atoms with van der Waals surface area (Å²) in [5.41, 5.74) is -0.188. The molecule has 0 unspecified atom stereocenters. The molecule has 1 aromatic carbocycles. The summed E-state index contributed by atoms with van der Waals surface area (Å²) in [6.45, 7) is 0. The number of benzene rings is 1. The third kappa shape index (κ3) is 3.05. The van der Waals surface area contributed by atoms with E-state index in [-0.39, 0.29) is 11.6 Å². The number of sulfonamides is 1. The van der Waals surface area contributed by atoms with Crippen LogP contribution in [0.5, 0.6) is 0 Å². The molecule has 7 heteroatoms. The van der Waals surface area contributed by atoms with Crippen LogP contribution in [0.15, 0.2) is 35.2 Å². The van der Waals surface area contributed by atoms with Gasteiger partial charge in [0.2, 0.25) is 10.0 Å². The van der Waals surface area contributed by atoms with Gasteiger partial charge in [0.1, 0.15) is 5.82 Å². The fourth-order valence-electron chi connectivity index (χ4n) is 1.99. The summed E-state index contributed by atoms with van der Waals surface area (Å²) in [6.07, 6.45) is 4.87. The van der Waals surface area contributed by atoms with Crippen LogP contribution in [0.3, 0.4) is 0 Å². The molecule has 0 saturated heterocycles. The summed E-state index contributed by atoms with van der Waals surface area (Å²) in [4.78, 5) is 11.2. The average Bonchev–Trinajstić information content (AvgIpc) is 2.90. The van der Waals surface area contributed by atoms with Gasteiger partial charge in [0.15, 0.2) is 0 Å². The first kappa shape index (κ1) is 14.7. The quantitative estimate of drug-likeness (QED) is 0.677. The number of ether oxygens (including phenoxy) is 1. The second kappa shape index (κ2) is 5.72. The van der Waals surface area contributed by atoms with Crippen molar-refractivity contribution in [3.05, 3.63) is 41.7 Å². The Morgan fingerprint density at radius 3 is 2.60 bits per heavy atom. The van der Waals surface area contributed by atoms with Crippen LogP contribution in [-0.2, 0) is 14.8 Å². The van der Waals surface area contributed by atoms with E-state index in [2.05, 4.69) is 9.46 Å². The molecule has 20 heavy (non-hydrogen) atoms. The van der Waals surface area contributed by atoms with Gasteiger partial charge < -0.3 is 4.74 Å². The van der Waals surface area contributed by atoms with E-state index in [1.54, 1.807) is 0 Å². The van der Waals surface area contributed by atoms with E-state index in [9.17, 15) is 17.6 Å². The van der Waals surface area contributed by atoms with Gasteiger partial charge in [-0.3, -0.25) is 0 Å². The van der Waals surface area contributed by atoms with Crippen molar-refractivity contribution in [1.29, 1.82) is 0 Å². The fourth-order valence-corrected chi connectivity index (χ4v) is 3.46. The van der Waals surface area contributed by atoms with Gasteiger partial charge in [-0.1, -0.05) is 12.2 Å². The largest absolute Gasteiger partial charge is 0.465 e. The maximum Gasteiger partial charge on any atom is 0.339 e. The van der Waals surface area contributed by atoms with Crippen LogP contribution in [0.1, 0.15) is 23.2 Å². The number of methoxy groups -OCH3 is 1. The number of hydrogen-bond acceptors (Lipinski definition) is 4. The van der Waals surface area contributed by atoms with Gasteiger partial charge in [0.05, 0.1) is 17.6 Å². The Labute approximate surface area is 116 Å². The Kier molecular flexibility index (Phi) is 4.20. The highest BCUT2D eigenvalue weighted by molar-refractivity contribution is 7.89. The predicted octanol–water partition coefficient (Wildman–Crippen LogP) is 1.61. The fraction of sp³-hybridized carbons (Fsp3) is 0.308. The van der Waals surface area contributed by atoms with Crippen molar-refractivity contribution in [2.24, 2.45) is 0 Å². The Bertz CT molecular complexity index is 646. The second-order valence-electron chi connectivity index (χ2n) is 4.39. The Morgan fingerprint density at radius 1 is 1.35 bits per heavy atom. The van der Waals surface area contributed by atoms with Crippen LogP contribution in [0, 0.1) is 5.82 Å². The number of halogens is 1. The van der Waals surface area contributed by atoms with Crippen LogP contribution in [0.2, 0.25) is 0 Å². The maximum atomic E-state index is 13.3. The minimum absolute atomic E-state index is 0.188. The predicted molar refractivity (Wildman–Crippen MR) is 70.2 cm³/mol. The molecule has 0 atom stereocenters. The molecular weight excluding hydrogens is 285 g/mol. The number of hydrogen-bond donors (Lipinski definition) is 1. The maximum absolute atomic E-state index is 13.3.